The van der Waals surface area contributed by atoms with E-state index in [-0.39, 0.29) is 5.56 Å². The second-order valence-electron chi connectivity index (χ2n) is 4.42. The lowest BCUT2D eigenvalue weighted by atomic mass is 9.90. The van der Waals surface area contributed by atoms with Crippen LogP contribution in [0.2, 0.25) is 0 Å². The predicted octanol–water partition coefficient (Wildman–Crippen LogP) is 2.89. The number of carbonyl (C=O) groups is 2. The first-order valence-electron chi connectivity index (χ1n) is 6.19. The van der Waals surface area contributed by atoms with E-state index in [4.69, 9.17) is 4.74 Å². The minimum absolute atomic E-state index is 0.0261. The molecule has 0 heterocycles. The van der Waals surface area contributed by atoms with Crippen LogP contribution in [0.25, 0.3) is 0 Å². The third-order valence-electron chi connectivity index (χ3n) is 3.07. The maximum Gasteiger partial charge on any atom is 0.318 e. The molecule has 0 saturated carbocycles. The Kier molecular flexibility index (Phi) is 4.33. The summed E-state index contributed by atoms with van der Waals surface area (Å²) in [6.07, 6.45) is 0. The lowest BCUT2D eigenvalue weighted by molar-refractivity contribution is -0.137. The van der Waals surface area contributed by atoms with Gasteiger partial charge in [-0.3, -0.25) is 9.59 Å². The second kappa shape index (κ2) is 6.17. The molecule has 21 heavy (non-hydrogen) atoms. The van der Waals surface area contributed by atoms with E-state index in [1.807, 2.05) is 0 Å². The fourth-order valence-electron chi connectivity index (χ4n) is 2.01. The zero-order valence-electron chi connectivity index (χ0n) is 11.2. The molecule has 1 unspecified atom stereocenters. The molecule has 0 fully saturated rings. The predicted molar refractivity (Wildman–Crippen MR) is 74.1 cm³/mol. The van der Waals surface area contributed by atoms with Crippen molar-refractivity contribution in [1.82, 2.24) is 0 Å². The SMILES string of the molecule is COc1ccc(C(C(=O)O)C(=O)c2cccc(F)c2)cc1. The van der Waals surface area contributed by atoms with Crippen LogP contribution < -0.4 is 4.74 Å². The number of methoxy groups -OCH3 is 1. The van der Waals surface area contributed by atoms with Gasteiger partial charge in [0.05, 0.1) is 7.11 Å². The summed E-state index contributed by atoms with van der Waals surface area (Å²) in [6.45, 7) is 0. The Hall–Kier alpha value is -2.69. The average molecular weight is 288 g/mol. The van der Waals surface area contributed by atoms with E-state index in [0.29, 0.717) is 11.3 Å². The molecule has 0 aliphatic rings. The lowest BCUT2D eigenvalue weighted by Gasteiger charge is -2.12. The number of benzene rings is 2. The van der Waals surface area contributed by atoms with Gasteiger partial charge in [0.15, 0.2) is 5.78 Å². The van der Waals surface area contributed by atoms with Crippen LogP contribution in [0, 0.1) is 5.82 Å². The molecule has 0 bridgehead atoms. The molecule has 2 aromatic carbocycles. The Morgan fingerprint density at radius 1 is 1.14 bits per heavy atom. The summed E-state index contributed by atoms with van der Waals surface area (Å²) in [7, 11) is 1.49. The highest BCUT2D eigenvalue weighted by atomic mass is 19.1. The molecule has 0 amide bonds. The zero-order chi connectivity index (χ0) is 15.4. The topological polar surface area (TPSA) is 63.6 Å². The molecule has 2 rings (SSSR count). The van der Waals surface area contributed by atoms with Crippen LogP contribution in [0.4, 0.5) is 4.39 Å². The molecule has 1 atom stereocenters. The maximum absolute atomic E-state index is 13.2. The highest BCUT2D eigenvalue weighted by Crippen LogP contribution is 2.24. The molecule has 0 radical (unpaired) electrons. The van der Waals surface area contributed by atoms with Crippen molar-refractivity contribution in [2.75, 3.05) is 7.11 Å². The quantitative estimate of drug-likeness (QED) is 0.678. The number of carbonyl (C=O) groups excluding carboxylic acids is 1. The van der Waals surface area contributed by atoms with Gasteiger partial charge in [0.2, 0.25) is 0 Å². The van der Waals surface area contributed by atoms with E-state index in [2.05, 4.69) is 0 Å². The van der Waals surface area contributed by atoms with Gasteiger partial charge in [0.1, 0.15) is 17.5 Å². The van der Waals surface area contributed by atoms with Gasteiger partial charge in [0.25, 0.3) is 0 Å². The lowest BCUT2D eigenvalue weighted by Crippen LogP contribution is -2.22. The first kappa shape index (κ1) is 14.7. The van der Waals surface area contributed by atoms with E-state index in [0.717, 1.165) is 6.07 Å². The normalized spacial score (nSPS) is 11.7. The summed E-state index contributed by atoms with van der Waals surface area (Å²) in [5, 5.41) is 9.31. The number of rotatable bonds is 5. The summed E-state index contributed by atoms with van der Waals surface area (Å²) in [6, 6.07) is 11.2. The number of carboxylic acid groups (broad SMARTS) is 1. The van der Waals surface area contributed by atoms with E-state index in [1.165, 1.54) is 37.4 Å². The summed E-state index contributed by atoms with van der Waals surface area (Å²) >= 11 is 0. The molecule has 0 saturated heterocycles. The number of hydrogen-bond donors (Lipinski definition) is 1. The van der Waals surface area contributed by atoms with E-state index in [9.17, 15) is 19.1 Å². The molecular weight excluding hydrogens is 275 g/mol. The molecule has 5 heteroatoms. The number of ether oxygens (including phenoxy) is 1. The maximum atomic E-state index is 13.2. The molecule has 0 aromatic heterocycles. The van der Waals surface area contributed by atoms with Gasteiger partial charge in [-0.15, -0.1) is 0 Å². The molecule has 0 aliphatic carbocycles. The number of ketones is 1. The first-order chi connectivity index (χ1) is 10.0. The van der Waals surface area contributed by atoms with Gasteiger partial charge >= 0.3 is 5.97 Å². The Morgan fingerprint density at radius 2 is 1.81 bits per heavy atom. The molecular formula is C16H13FO4. The fraction of sp³-hybridized carbons (Fsp3) is 0.125. The van der Waals surface area contributed by atoms with Crippen LogP contribution in [0.3, 0.4) is 0 Å². The Bertz CT molecular complexity index is 664. The second-order valence-corrected chi connectivity index (χ2v) is 4.42. The monoisotopic (exact) mass is 288 g/mol. The number of aliphatic carboxylic acids is 1. The number of hydrogen-bond acceptors (Lipinski definition) is 3. The third-order valence-corrected chi connectivity index (χ3v) is 3.07. The van der Waals surface area contributed by atoms with Crippen molar-refractivity contribution < 1.29 is 23.8 Å². The summed E-state index contributed by atoms with van der Waals surface area (Å²) < 4.78 is 18.2. The van der Waals surface area contributed by atoms with Crippen molar-refractivity contribution in [1.29, 1.82) is 0 Å². The standard InChI is InChI=1S/C16H13FO4/c1-21-13-7-5-10(6-8-13)14(16(19)20)15(18)11-3-2-4-12(17)9-11/h2-9,14H,1H3,(H,19,20). The van der Waals surface area contributed by atoms with Crippen LogP contribution in [-0.4, -0.2) is 24.0 Å². The Labute approximate surface area is 120 Å². The van der Waals surface area contributed by atoms with E-state index >= 15 is 0 Å². The molecule has 4 nitrogen and oxygen atoms in total. The largest absolute Gasteiger partial charge is 0.497 e. The van der Waals surface area contributed by atoms with Gasteiger partial charge in [-0.2, -0.15) is 0 Å². The third kappa shape index (κ3) is 3.25. The van der Waals surface area contributed by atoms with Crippen molar-refractivity contribution in [2.24, 2.45) is 0 Å². The molecule has 0 aliphatic heterocycles. The highest BCUT2D eigenvalue weighted by Gasteiger charge is 2.29. The van der Waals surface area contributed by atoms with Gasteiger partial charge in [0, 0.05) is 5.56 Å². The minimum atomic E-state index is -1.38. The molecule has 108 valence electrons. The summed E-state index contributed by atoms with van der Waals surface area (Å²) in [4.78, 5) is 23.7. The van der Waals surface area contributed by atoms with Crippen molar-refractivity contribution in [3.05, 3.63) is 65.5 Å². The minimum Gasteiger partial charge on any atom is -0.497 e. The number of halogens is 1. The number of Topliss-reactive ketones (excluding diaryl/α,β-unsaturated/α-hetero) is 1. The van der Waals surface area contributed by atoms with E-state index < -0.39 is 23.5 Å². The van der Waals surface area contributed by atoms with Gasteiger partial charge in [-0.25, -0.2) is 4.39 Å². The zero-order valence-corrected chi connectivity index (χ0v) is 11.2. The van der Waals surface area contributed by atoms with Crippen LogP contribution in [0.15, 0.2) is 48.5 Å². The van der Waals surface area contributed by atoms with Crippen molar-refractivity contribution >= 4 is 11.8 Å². The summed E-state index contributed by atoms with van der Waals surface area (Å²) in [5.41, 5.74) is 0.343. The van der Waals surface area contributed by atoms with E-state index in [1.54, 1.807) is 12.1 Å². The smallest absolute Gasteiger partial charge is 0.318 e. The first-order valence-corrected chi connectivity index (χ1v) is 6.19. The number of carboxylic acids is 1. The average Bonchev–Trinajstić information content (AvgIpc) is 2.47. The Balaban J connectivity index is 2.38. The van der Waals surface area contributed by atoms with Crippen LogP contribution in [0.5, 0.6) is 5.75 Å². The highest BCUT2D eigenvalue weighted by molar-refractivity contribution is 6.12. The fourth-order valence-corrected chi connectivity index (χ4v) is 2.01. The molecule has 1 N–H and O–H groups in total. The Morgan fingerprint density at radius 3 is 2.33 bits per heavy atom. The van der Waals surface area contributed by atoms with Crippen LogP contribution in [0.1, 0.15) is 21.8 Å². The van der Waals surface area contributed by atoms with Crippen LogP contribution >= 0.6 is 0 Å². The molecule has 0 spiro atoms. The van der Waals surface area contributed by atoms with Crippen molar-refractivity contribution in [3.8, 4) is 5.75 Å². The molecule has 2 aromatic rings. The van der Waals surface area contributed by atoms with Crippen LogP contribution in [-0.2, 0) is 4.79 Å². The van der Waals surface area contributed by atoms with Gasteiger partial charge in [-0.1, -0.05) is 24.3 Å². The van der Waals surface area contributed by atoms with Gasteiger partial charge < -0.3 is 9.84 Å². The van der Waals surface area contributed by atoms with Crippen molar-refractivity contribution in [2.45, 2.75) is 5.92 Å². The van der Waals surface area contributed by atoms with Crippen molar-refractivity contribution in [3.63, 3.8) is 0 Å². The summed E-state index contributed by atoms with van der Waals surface area (Å²) in [5.74, 6) is -3.35. The van der Waals surface area contributed by atoms with Gasteiger partial charge in [-0.05, 0) is 29.8 Å².